The van der Waals surface area contributed by atoms with Gasteiger partial charge in [-0.15, -0.1) is 0 Å². The average Bonchev–Trinajstić information content (AvgIpc) is 2.69. The van der Waals surface area contributed by atoms with Gasteiger partial charge in [-0.05, 0) is 39.3 Å². The molecule has 8 heteroatoms. The van der Waals surface area contributed by atoms with Crippen LogP contribution in [0.3, 0.4) is 0 Å². The van der Waals surface area contributed by atoms with Crippen LogP contribution in [0, 0.1) is 0 Å². The van der Waals surface area contributed by atoms with Gasteiger partial charge in [0.1, 0.15) is 5.82 Å². The van der Waals surface area contributed by atoms with E-state index in [-0.39, 0.29) is 11.6 Å². The maximum Gasteiger partial charge on any atom is 0.318 e. The summed E-state index contributed by atoms with van der Waals surface area (Å²) < 4.78 is 12.1. The van der Waals surface area contributed by atoms with Gasteiger partial charge in [0.25, 0.3) is 5.56 Å². The summed E-state index contributed by atoms with van der Waals surface area (Å²) in [6, 6.07) is 6.66. The minimum absolute atomic E-state index is 0.131. The Labute approximate surface area is 178 Å². The number of nitrogens with one attached hydrogen (secondary N) is 1. The zero-order valence-corrected chi connectivity index (χ0v) is 18.9. The molecule has 0 aliphatic carbocycles. The van der Waals surface area contributed by atoms with Gasteiger partial charge >= 0.3 is 6.03 Å². The Morgan fingerprint density at radius 1 is 1.20 bits per heavy atom. The smallest absolute Gasteiger partial charge is 0.318 e. The van der Waals surface area contributed by atoms with E-state index < -0.39 is 11.6 Å². The van der Waals surface area contributed by atoms with Crippen molar-refractivity contribution in [3.05, 3.63) is 40.4 Å². The van der Waals surface area contributed by atoms with Crippen molar-refractivity contribution in [1.82, 2.24) is 19.8 Å². The number of rotatable bonds is 9. The van der Waals surface area contributed by atoms with Crippen LogP contribution < -0.4 is 10.9 Å². The summed E-state index contributed by atoms with van der Waals surface area (Å²) in [5.41, 5.74) is 0.0919. The van der Waals surface area contributed by atoms with Crippen LogP contribution in [0.5, 0.6) is 0 Å². The molecule has 1 N–H and O–H groups in total. The number of hydrogen-bond donors (Lipinski definition) is 1. The second-order valence-corrected chi connectivity index (χ2v) is 8.23. The fraction of sp³-hybridized carbons (Fsp3) is 0.591. The highest BCUT2D eigenvalue weighted by Crippen LogP contribution is 2.24. The van der Waals surface area contributed by atoms with Crippen molar-refractivity contribution in [2.24, 2.45) is 0 Å². The SMILES string of the molecule is CCC(c1nc2ccccc2c(=O)n1CCOC)N(CCOC)C(=O)NC(C)(C)C. The molecular formula is C22H34N4O4. The Kier molecular flexibility index (Phi) is 8.37. The number of nitrogens with zero attached hydrogens (tertiary/aromatic N) is 3. The maximum absolute atomic E-state index is 13.2. The number of fused-ring (bicyclic) bond motifs is 1. The lowest BCUT2D eigenvalue weighted by Crippen LogP contribution is -2.51. The van der Waals surface area contributed by atoms with Gasteiger partial charge in [0.2, 0.25) is 0 Å². The van der Waals surface area contributed by atoms with E-state index in [9.17, 15) is 9.59 Å². The third kappa shape index (κ3) is 5.79. The van der Waals surface area contributed by atoms with Crippen LogP contribution in [0.1, 0.15) is 46.0 Å². The molecule has 0 spiro atoms. The molecule has 1 aromatic heterocycles. The highest BCUT2D eigenvalue weighted by Gasteiger charge is 2.30. The number of benzene rings is 1. The van der Waals surface area contributed by atoms with E-state index in [1.165, 1.54) is 0 Å². The van der Waals surface area contributed by atoms with Crippen LogP contribution >= 0.6 is 0 Å². The van der Waals surface area contributed by atoms with E-state index >= 15 is 0 Å². The maximum atomic E-state index is 13.2. The molecule has 0 saturated heterocycles. The summed E-state index contributed by atoms with van der Waals surface area (Å²) >= 11 is 0. The van der Waals surface area contributed by atoms with Gasteiger partial charge in [-0.1, -0.05) is 19.1 Å². The molecule has 2 rings (SSSR count). The number of carbonyl (C=O) groups is 1. The lowest BCUT2D eigenvalue weighted by atomic mass is 10.1. The van der Waals surface area contributed by atoms with Crippen LogP contribution in [0.4, 0.5) is 4.79 Å². The molecule has 0 fully saturated rings. The fourth-order valence-corrected chi connectivity index (χ4v) is 3.36. The summed E-state index contributed by atoms with van der Waals surface area (Å²) in [6.07, 6.45) is 0.596. The monoisotopic (exact) mass is 418 g/mol. The van der Waals surface area contributed by atoms with Crippen molar-refractivity contribution in [2.45, 2.75) is 52.2 Å². The Hall–Kier alpha value is -2.45. The molecule has 1 aromatic carbocycles. The van der Waals surface area contributed by atoms with Gasteiger partial charge < -0.3 is 19.7 Å². The lowest BCUT2D eigenvalue weighted by molar-refractivity contribution is 0.118. The van der Waals surface area contributed by atoms with Crippen molar-refractivity contribution in [2.75, 3.05) is 34.0 Å². The Bertz CT molecular complexity index is 904. The second kappa shape index (κ2) is 10.5. The summed E-state index contributed by atoms with van der Waals surface area (Å²) in [5.74, 6) is 0.554. The summed E-state index contributed by atoms with van der Waals surface area (Å²) in [4.78, 5) is 32.9. The molecule has 166 valence electrons. The van der Waals surface area contributed by atoms with E-state index in [0.717, 1.165) is 0 Å². The first-order valence-electron chi connectivity index (χ1n) is 10.3. The summed E-state index contributed by atoms with van der Waals surface area (Å²) in [5, 5.41) is 3.57. The van der Waals surface area contributed by atoms with Crippen molar-refractivity contribution in [1.29, 1.82) is 0 Å². The molecule has 0 radical (unpaired) electrons. The zero-order chi connectivity index (χ0) is 22.3. The third-order valence-electron chi connectivity index (χ3n) is 4.75. The number of hydrogen-bond acceptors (Lipinski definition) is 5. The number of carbonyl (C=O) groups excluding carboxylic acids is 1. The van der Waals surface area contributed by atoms with E-state index in [2.05, 4.69) is 5.32 Å². The zero-order valence-electron chi connectivity index (χ0n) is 18.9. The van der Waals surface area contributed by atoms with Gasteiger partial charge in [-0.25, -0.2) is 9.78 Å². The Morgan fingerprint density at radius 2 is 1.87 bits per heavy atom. The van der Waals surface area contributed by atoms with Gasteiger partial charge in [0.05, 0.1) is 36.7 Å². The highest BCUT2D eigenvalue weighted by molar-refractivity contribution is 5.78. The lowest BCUT2D eigenvalue weighted by Gasteiger charge is -2.34. The minimum atomic E-state index is -0.396. The molecule has 0 bridgehead atoms. The molecule has 8 nitrogen and oxygen atoms in total. The first kappa shape index (κ1) is 23.8. The normalized spacial score (nSPS) is 12.7. The van der Waals surface area contributed by atoms with Gasteiger partial charge in [-0.2, -0.15) is 0 Å². The van der Waals surface area contributed by atoms with Crippen molar-refractivity contribution < 1.29 is 14.3 Å². The van der Waals surface area contributed by atoms with E-state index in [0.29, 0.717) is 49.5 Å². The molecule has 2 amide bonds. The largest absolute Gasteiger partial charge is 0.383 e. The highest BCUT2D eigenvalue weighted by atomic mass is 16.5. The van der Waals surface area contributed by atoms with Crippen LogP contribution in [0.25, 0.3) is 10.9 Å². The van der Waals surface area contributed by atoms with E-state index in [1.807, 2.05) is 45.9 Å². The summed E-state index contributed by atoms with van der Waals surface area (Å²) in [7, 11) is 3.20. The number of urea groups is 1. The molecule has 1 atom stereocenters. The Morgan fingerprint density at radius 3 is 2.47 bits per heavy atom. The van der Waals surface area contributed by atoms with E-state index in [4.69, 9.17) is 14.5 Å². The second-order valence-electron chi connectivity index (χ2n) is 8.23. The first-order valence-corrected chi connectivity index (χ1v) is 10.3. The quantitative estimate of drug-likeness (QED) is 0.677. The van der Waals surface area contributed by atoms with Crippen molar-refractivity contribution >= 4 is 16.9 Å². The Balaban J connectivity index is 2.61. The predicted octanol–water partition coefficient (Wildman–Crippen LogP) is 2.95. The van der Waals surface area contributed by atoms with Crippen LogP contribution in [-0.4, -0.2) is 60.0 Å². The van der Waals surface area contributed by atoms with Crippen molar-refractivity contribution in [3.63, 3.8) is 0 Å². The number of para-hydroxylation sites is 1. The molecular weight excluding hydrogens is 384 g/mol. The summed E-state index contributed by atoms with van der Waals surface area (Å²) in [6.45, 7) is 9.27. The number of aromatic nitrogens is 2. The van der Waals surface area contributed by atoms with Gasteiger partial charge in [0, 0.05) is 26.3 Å². The average molecular weight is 419 g/mol. The molecule has 0 aliphatic heterocycles. The number of amides is 2. The predicted molar refractivity (Wildman–Crippen MR) is 118 cm³/mol. The third-order valence-corrected chi connectivity index (χ3v) is 4.75. The van der Waals surface area contributed by atoms with Crippen LogP contribution in [-0.2, 0) is 16.0 Å². The van der Waals surface area contributed by atoms with Gasteiger partial charge in [0.15, 0.2) is 0 Å². The van der Waals surface area contributed by atoms with Crippen molar-refractivity contribution in [3.8, 4) is 0 Å². The topological polar surface area (TPSA) is 85.7 Å². The van der Waals surface area contributed by atoms with Crippen LogP contribution in [0.15, 0.2) is 29.1 Å². The molecule has 0 saturated carbocycles. The molecule has 1 heterocycles. The number of ether oxygens (including phenoxy) is 2. The fourth-order valence-electron chi connectivity index (χ4n) is 3.36. The first-order chi connectivity index (χ1) is 14.2. The molecule has 1 unspecified atom stereocenters. The van der Waals surface area contributed by atoms with Gasteiger partial charge in [-0.3, -0.25) is 9.36 Å². The number of methoxy groups -OCH3 is 2. The van der Waals surface area contributed by atoms with E-state index in [1.54, 1.807) is 29.8 Å². The van der Waals surface area contributed by atoms with Crippen LogP contribution in [0.2, 0.25) is 0 Å². The minimum Gasteiger partial charge on any atom is -0.383 e. The molecule has 30 heavy (non-hydrogen) atoms. The molecule has 0 aliphatic rings. The molecule has 2 aromatic rings. The standard InChI is InChI=1S/C22H34N4O4/c1-7-18(25(12-14-29-5)21(28)24-22(2,3)4)19-23-17-11-9-8-10-16(17)20(27)26(19)13-15-30-6/h8-11,18H,7,12-15H2,1-6H3,(H,24,28).